The summed E-state index contributed by atoms with van der Waals surface area (Å²) in [7, 11) is -2.89. The van der Waals surface area contributed by atoms with Crippen molar-refractivity contribution in [3.63, 3.8) is 0 Å². The average molecular weight is 281 g/mol. The van der Waals surface area contributed by atoms with Crippen LogP contribution in [0.2, 0.25) is 0 Å². The molecule has 6 heteroatoms. The van der Waals surface area contributed by atoms with Crippen molar-refractivity contribution in [2.24, 2.45) is 11.8 Å². The van der Waals surface area contributed by atoms with Crippen LogP contribution in [0, 0.1) is 11.8 Å². The number of aromatic nitrogens is 2. The Hall–Kier alpha value is -1.04. The minimum atomic E-state index is -2.89. The van der Waals surface area contributed by atoms with Gasteiger partial charge in [0.05, 0.1) is 23.2 Å². The van der Waals surface area contributed by atoms with E-state index in [-0.39, 0.29) is 17.5 Å². The lowest BCUT2D eigenvalue weighted by Gasteiger charge is -2.10. The van der Waals surface area contributed by atoms with E-state index in [0.717, 1.165) is 17.5 Å². The van der Waals surface area contributed by atoms with Gasteiger partial charge in [0.1, 0.15) is 5.82 Å². The zero-order valence-corrected chi connectivity index (χ0v) is 11.6. The van der Waals surface area contributed by atoms with E-state index in [4.69, 9.17) is 5.73 Å². The summed E-state index contributed by atoms with van der Waals surface area (Å²) in [6, 6.07) is 1.91. The summed E-state index contributed by atoms with van der Waals surface area (Å²) in [6.45, 7) is 0. The molecular weight excluding hydrogens is 262 g/mol. The average Bonchev–Trinajstić information content (AvgIpc) is 2.78. The second kappa shape index (κ2) is 3.75. The number of nitrogen functional groups attached to an aromatic ring is 1. The molecule has 2 heterocycles. The van der Waals surface area contributed by atoms with Gasteiger partial charge in [0.25, 0.3) is 0 Å². The van der Waals surface area contributed by atoms with Crippen molar-refractivity contribution in [2.45, 2.75) is 37.6 Å². The Morgan fingerprint density at radius 3 is 2.63 bits per heavy atom. The summed E-state index contributed by atoms with van der Waals surface area (Å²) in [5, 5.41) is 4.63. The number of nitrogens with two attached hydrogens (primary N) is 1. The molecule has 3 fully saturated rings. The first-order valence-corrected chi connectivity index (χ1v) is 8.93. The molecule has 2 aliphatic carbocycles. The Balaban J connectivity index is 1.59. The van der Waals surface area contributed by atoms with Gasteiger partial charge in [0, 0.05) is 12.0 Å². The normalized spacial score (nSPS) is 39.4. The molecule has 0 aromatic carbocycles. The number of rotatable bonds is 2. The number of nitrogens with zero attached hydrogens (tertiary/aromatic N) is 2. The lowest BCUT2D eigenvalue weighted by molar-refractivity contribution is 0.498. The van der Waals surface area contributed by atoms with E-state index in [0.29, 0.717) is 18.2 Å². The molecule has 3 atom stereocenters. The van der Waals surface area contributed by atoms with Gasteiger partial charge in [0.15, 0.2) is 9.84 Å². The van der Waals surface area contributed by atoms with Crippen LogP contribution in [0.1, 0.15) is 43.3 Å². The van der Waals surface area contributed by atoms with Gasteiger partial charge in [-0.2, -0.15) is 5.10 Å². The molecule has 1 aromatic rings. The van der Waals surface area contributed by atoms with Crippen molar-refractivity contribution in [3.8, 4) is 0 Å². The van der Waals surface area contributed by atoms with Crippen LogP contribution in [0.4, 0.5) is 5.82 Å². The van der Waals surface area contributed by atoms with E-state index in [1.165, 1.54) is 19.3 Å². The third-order valence-electron chi connectivity index (χ3n) is 5.09. The summed E-state index contributed by atoms with van der Waals surface area (Å²) in [5.74, 6) is 3.30. The van der Waals surface area contributed by atoms with Crippen LogP contribution in [0.5, 0.6) is 0 Å². The van der Waals surface area contributed by atoms with Gasteiger partial charge in [-0.3, -0.25) is 0 Å². The Kier molecular flexibility index (Phi) is 2.32. The van der Waals surface area contributed by atoms with E-state index < -0.39 is 9.84 Å². The molecule has 19 heavy (non-hydrogen) atoms. The molecule has 2 N–H and O–H groups in total. The predicted molar refractivity (Wildman–Crippen MR) is 72.5 cm³/mol. The van der Waals surface area contributed by atoms with Gasteiger partial charge in [-0.25, -0.2) is 13.1 Å². The Morgan fingerprint density at radius 1 is 1.26 bits per heavy atom. The molecule has 2 saturated carbocycles. The highest BCUT2D eigenvalue weighted by Crippen LogP contribution is 2.62. The third-order valence-corrected chi connectivity index (χ3v) is 6.84. The van der Waals surface area contributed by atoms with Crippen molar-refractivity contribution in [3.05, 3.63) is 11.8 Å². The van der Waals surface area contributed by atoms with E-state index in [2.05, 4.69) is 5.10 Å². The zero-order chi connectivity index (χ0) is 13.2. The summed E-state index contributed by atoms with van der Waals surface area (Å²) in [5.41, 5.74) is 7.13. The zero-order valence-electron chi connectivity index (χ0n) is 10.8. The molecule has 3 aliphatic rings. The van der Waals surface area contributed by atoms with Crippen LogP contribution < -0.4 is 5.73 Å². The Labute approximate surface area is 113 Å². The fraction of sp³-hybridized carbons (Fsp3) is 0.769. The minimum absolute atomic E-state index is 0.0580. The molecule has 1 aliphatic heterocycles. The van der Waals surface area contributed by atoms with Gasteiger partial charge >= 0.3 is 0 Å². The van der Waals surface area contributed by atoms with E-state index in [1.807, 2.05) is 6.07 Å². The molecule has 5 nitrogen and oxygen atoms in total. The topological polar surface area (TPSA) is 78.0 Å². The van der Waals surface area contributed by atoms with Gasteiger partial charge in [-0.15, -0.1) is 0 Å². The summed E-state index contributed by atoms with van der Waals surface area (Å²) < 4.78 is 24.9. The molecule has 104 valence electrons. The van der Waals surface area contributed by atoms with E-state index in [1.54, 1.807) is 4.68 Å². The van der Waals surface area contributed by atoms with E-state index in [9.17, 15) is 8.42 Å². The summed E-state index contributed by atoms with van der Waals surface area (Å²) in [4.78, 5) is 0. The first-order chi connectivity index (χ1) is 9.05. The maximum atomic E-state index is 11.6. The quantitative estimate of drug-likeness (QED) is 0.887. The standard InChI is InChI=1S/C13H19N3O2S/c14-12-6-11(13-9-2-1-3-10(9)13)15-16(12)8-4-5-19(17,18)7-8/h6,8-10,13H,1-5,7,14H2. The monoisotopic (exact) mass is 281 g/mol. The number of hydrogen-bond donors (Lipinski definition) is 1. The molecule has 1 saturated heterocycles. The second-order valence-electron chi connectivity index (χ2n) is 6.28. The van der Waals surface area contributed by atoms with Crippen molar-refractivity contribution in [1.82, 2.24) is 9.78 Å². The molecule has 0 amide bonds. The Bertz CT molecular complexity index is 612. The van der Waals surface area contributed by atoms with Crippen molar-refractivity contribution in [1.29, 1.82) is 0 Å². The molecule has 4 rings (SSSR count). The highest BCUT2D eigenvalue weighted by atomic mass is 32.2. The lowest BCUT2D eigenvalue weighted by Crippen LogP contribution is -2.14. The summed E-state index contributed by atoms with van der Waals surface area (Å²) in [6.07, 6.45) is 4.63. The van der Waals surface area contributed by atoms with Crippen molar-refractivity contribution >= 4 is 15.7 Å². The number of fused-ring (bicyclic) bond motifs is 1. The molecule has 1 aromatic heterocycles. The van der Waals surface area contributed by atoms with Gasteiger partial charge in [-0.05, 0) is 31.1 Å². The Morgan fingerprint density at radius 2 is 2.00 bits per heavy atom. The van der Waals surface area contributed by atoms with Crippen molar-refractivity contribution < 1.29 is 8.42 Å². The SMILES string of the molecule is Nc1cc(C2C3CCCC32)nn1C1CCS(=O)(=O)C1. The van der Waals surface area contributed by atoms with Crippen LogP contribution in [0.3, 0.4) is 0 Å². The molecular formula is C13H19N3O2S. The lowest BCUT2D eigenvalue weighted by atomic mass is 10.1. The maximum absolute atomic E-state index is 11.6. The number of hydrogen-bond acceptors (Lipinski definition) is 4. The van der Waals surface area contributed by atoms with Gasteiger partial charge in [0.2, 0.25) is 0 Å². The molecule has 0 radical (unpaired) electrons. The van der Waals surface area contributed by atoms with Crippen LogP contribution in [-0.2, 0) is 9.84 Å². The predicted octanol–water partition coefficient (Wildman–Crippen LogP) is 1.34. The van der Waals surface area contributed by atoms with Gasteiger partial charge in [-0.1, -0.05) is 6.42 Å². The summed E-state index contributed by atoms with van der Waals surface area (Å²) >= 11 is 0. The molecule has 0 spiro atoms. The van der Waals surface area contributed by atoms with Crippen LogP contribution in [0.25, 0.3) is 0 Å². The van der Waals surface area contributed by atoms with Crippen molar-refractivity contribution in [2.75, 3.05) is 17.2 Å². The van der Waals surface area contributed by atoms with Crippen LogP contribution in [0.15, 0.2) is 6.07 Å². The van der Waals surface area contributed by atoms with Gasteiger partial charge < -0.3 is 5.73 Å². The largest absolute Gasteiger partial charge is 0.384 e. The fourth-order valence-corrected chi connectivity index (χ4v) is 5.80. The highest BCUT2D eigenvalue weighted by Gasteiger charge is 2.54. The molecule has 3 unspecified atom stereocenters. The minimum Gasteiger partial charge on any atom is -0.384 e. The number of anilines is 1. The smallest absolute Gasteiger partial charge is 0.152 e. The highest BCUT2D eigenvalue weighted by molar-refractivity contribution is 7.91. The third kappa shape index (κ3) is 1.80. The number of sulfone groups is 1. The first-order valence-electron chi connectivity index (χ1n) is 7.10. The van der Waals surface area contributed by atoms with Crippen LogP contribution in [-0.4, -0.2) is 29.7 Å². The van der Waals surface area contributed by atoms with Crippen LogP contribution >= 0.6 is 0 Å². The second-order valence-corrected chi connectivity index (χ2v) is 8.51. The maximum Gasteiger partial charge on any atom is 0.152 e. The first kappa shape index (κ1) is 11.8. The fourth-order valence-electron chi connectivity index (χ4n) is 4.11. The van der Waals surface area contributed by atoms with E-state index >= 15 is 0 Å². The molecule has 0 bridgehead atoms.